The molecule has 1 unspecified atom stereocenters. The Morgan fingerprint density at radius 2 is 2.05 bits per heavy atom. The second kappa shape index (κ2) is 7.13. The van der Waals surface area contributed by atoms with Crippen molar-refractivity contribution in [3.63, 3.8) is 0 Å². The van der Waals surface area contributed by atoms with Crippen molar-refractivity contribution in [1.82, 2.24) is 4.98 Å². The molecule has 104 valence electrons. The zero-order valence-corrected chi connectivity index (χ0v) is 11.4. The third kappa shape index (κ3) is 3.96. The quantitative estimate of drug-likeness (QED) is 0.802. The fourth-order valence-electron chi connectivity index (χ4n) is 1.64. The van der Waals surface area contributed by atoms with E-state index in [-0.39, 0.29) is 37.0 Å². The number of carbonyl (C=O) groups is 1. The van der Waals surface area contributed by atoms with Crippen LogP contribution in [-0.4, -0.2) is 27.2 Å². The number of benzene rings is 1. The van der Waals surface area contributed by atoms with Crippen LogP contribution in [0, 0.1) is 0 Å². The van der Waals surface area contributed by atoms with Crippen molar-refractivity contribution < 1.29 is 15.0 Å². The molecule has 5 nitrogen and oxygen atoms in total. The first-order valence-corrected chi connectivity index (χ1v) is 5.13. The van der Waals surface area contributed by atoms with Gasteiger partial charge in [0.15, 0.2) is 0 Å². The summed E-state index contributed by atoms with van der Waals surface area (Å²) < 4.78 is 0. The number of para-hydroxylation sites is 1. The molecule has 0 aliphatic heterocycles. The molecule has 0 saturated carbocycles. The summed E-state index contributed by atoms with van der Waals surface area (Å²) in [4.78, 5) is 14.7. The number of nitrogens with zero attached hydrogens (tertiary/aromatic N) is 1. The number of halogens is 2. The lowest BCUT2D eigenvalue weighted by Gasteiger charge is -2.07. The number of fused-ring (bicyclic) bond motifs is 1. The minimum absolute atomic E-state index is 0. The lowest BCUT2D eigenvalue weighted by Crippen LogP contribution is -2.32. The molecule has 1 heterocycles. The van der Waals surface area contributed by atoms with Crippen molar-refractivity contribution in [2.45, 2.75) is 12.5 Å². The van der Waals surface area contributed by atoms with Gasteiger partial charge in [0.25, 0.3) is 0 Å². The highest BCUT2D eigenvalue weighted by Gasteiger charge is 2.12. The molecule has 1 aromatic heterocycles. The van der Waals surface area contributed by atoms with Crippen LogP contribution in [0.2, 0.25) is 0 Å². The Morgan fingerprint density at radius 1 is 1.37 bits per heavy atom. The zero-order valence-electron chi connectivity index (χ0n) is 9.81. The van der Waals surface area contributed by atoms with Crippen molar-refractivity contribution in [3.8, 4) is 5.75 Å². The summed E-state index contributed by atoms with van der Waals surface area (Å²) in [6.07, 6.45) is 1.75. The first-order chi connectivity index (χ1) is 8.08. The average molecular weight is 305 g/mol. The van der Waals surface area contributed by atoms with Crippen molar-refractivity contribution in [3.05, 3.63) is 36.0 Å². The van der Waals surface area contributed by atoms with Gasteiger partial charge in [-0.25, -0.2) is 0 Å². The van der Waals surface area contributed by atoms with Crippen LogP contribution in [0.15, 0.2) is 30.5 Å². The molecule has 7 heteroatoms. The van der Waals surface area contributed by atoms with Gasteiger partial charge >= 0.3 is 5.97 Å². The minimum Gasteiger partial charge on any atom is -0.506 e. The maximum Gasteiger partial charge on any atom is 0.320 e. The van der Waals surface area contributed by atoms with E-state index in [9.17, 15) is 9.90 Å². The van der Waals surface area contributed by atoms with E-state index in [2.05, 4.69) is 4.98 Å². The summed E-state index contributed by atoms with van der Waals surface area (Å²) in [5.74, 6) is -0.933. The van der Waals surface area contributed by atoms with Gasteiger partial charge in [-0.2, -0.15) is 0 Å². The van der Waals surface area contributed by atoms with Gasteiger partial charge in [0.05, 0.1) is 0 Å². The summed E-state index contributed by atoms with van der Waals surface area (Å²) in [5.41, 5.74) is 6.68. The second-order valence-electron chi connectivity index (χ2n) is 3.84. The summed E-state index contributed by atoms with van der Waals surface area (Å²) in [6.45, 7) is 0. The van der Waals surface area contributed by atoms with Crippen LogP contribution in [0.25, 0.3) is 10.9 Å². The van der Waals surface area contributed by atoms with E-state index < -0.39 is 12.0 Å². The van der Waals surface area contributed by atoms with Gasteiger partial charge in [0.2, 0.25) is 0 Å². The Labute approximate surface area is 122 Å². The number of hydrogen-bond acceptors (Lipinski definition) is 4. The number of aromatic hydroxyl groups is 1. The normalized spacial score (nSPS) is 11.2. The second-order valence-corrected chi connectivity index (χ2v) is 3.84. The summed E-state index contributed by atoms with van der Waals surface area (Å²) in [5, 5.41) is 19.0. The SMILES string of the molecule is Cl.Cl.NC(Cc1cnc2c(O)cccc2c1)C(=O)O. The topological polar surface area (TPSA) is 96.4 Å². The first-order valence-electron chi connectivity index (χ1n) is 5.13. The molecule has 0 fully saturated rings. The number of pyridine rings is 1. The maximum atomic E-state index is 10.6. The van der Waals surface area contributed by atoms with Gasteiger partial charge in [-0.05, 0) is 24.1 Å². The van der Waals surface area contributed by atoms with Crippen LogP contribution < -0.4 is 5.73 Å². The molecule has 0 amide bonds. The molecule has 2 rings (SSSR count). The van der Waals surface area contributed by atoms with E-state index >= 15 is 0 Å². The molecule has 0 spiro atoms. The standard InChI is InChI=1S/C12H12N2O3.2ClH/c13-9(12(16)17)5-7-4-8-2-1-3-10(15)11(8)14-6-7;;/h1-4,6,9,15H,5,13H2,(H,16,17);2*1H. The zero-order chi connectivity index (χ0) is 12.4. The Morgan fingerprint density at radius 3 is 2.68 bits per heavy atom. The highest BCUT2D eigenvalue weighted by molar-refractivity contribution is 5.86. The molecule has 0 bridgehead atoms. The Hall–Kier alpha value is -1.56. The predicted octanol–water partition coefficient (Wildman–Crippen LogP) is 1.74. The maximum absolute atomic E-state index is 10.6. The molecule has 1 aromatic carbocycles. The number of aromatic nitrogens is 1. The highest BCUT2D eigenvalue weighted by Crippen LogP contribution is 2.22. The molecule has 0 aliphatic carbocycles. The van der Waals surface area contributed by atoms with E-state index in [0.29, 0.717) is 5.52 Å². The number of nitrogens with two attached hydrogens (primary N) is 1. The van der Waals surface area contributed by atoms with E-state index in [1.54, 1.807) is 24.3 Å². The van der Waals surface area contributed by atoms with Gasteiger partial charge < -0.3 is 15.9 Å². The Balaban J connectivity index is 0.00000162. The van der Waals surface area contributed by atoms with Crippen LogP contribution in [0.1, 0.15) is 5.56 Å². The predicted molar refractivity (Wildman–Crippen MR) is 77.2 cm³/mol. The van der Waals surface area contributed by atoms with E-state index in [4.69, 9.17) is 10.8 Å². The number of phenolic OH excluding ortho intramolecular Hbond substituents is 1. The van der Waals surface area contributed by atoms with Gasteiger partial charge in [-0.15, -0.1) is 24.8 Å². The van der Waals surface area contributed by atoms with Gasteiger partial charge in [0.1, 0.15) is 17.3 Å². The number of carboxylic acid groups (broad SMARTS) is 1. The fourth-order valence-corrected chi connectivity index (χ4v) is 1.64. The summed E-state index contributed by atoms with van der Waals surface area (Å²) in [7, 11) is 0. The lowest BCUT2D eigenvalue weighted by atomic mass is 10.1. The molecule has 2 aromatic rings. The minimum atomic E-state index is -1.04. The van der Waals surface area contributed by atoms with Crippen LogP contribution in [-0.2, 0) is 11.2 Å². The molecule has 4 N–H and O–H groups in total. The molecule has 0 aliphatic rings. The van der Waals surface area contributed by atoms with Crippen molar-refractivity contribution in [2.75, 3.05) is 0 Å². The average Bonchev–Trinajstić information content (AvgIpc) is 2.29. The highest BCUT2D eigenvalue weighted by atomic mass is 35.5. The van der Waals surface area contributed by atoms with E-state index in [0.717, 1.165) is 10.9 Å². The monoisotopic (exact) mass is 304 g/mol. The van der Waals surface area contributed by atoms with Crippen molar-refractivity contribution in [1.29, 1.82) is 0 Å². The van der Waals surface area contributed by atoms with Gasteiger partial charge in [0, 0.05) is 11.6 Å². The Kier molecular flexibility index (Phi) is 6.55. The number of carboxylic acids is 1. The van der Waals surface area contributed by atoms with Crippen molar-refractivity contribution >= 4 is 41.7 Å². The van der Waals surface area contributed by atoms with E-state index in [1.807, 2.05) is 0 Å². The molecule has 0 radical (unpaired) electrons. The largest absolute Gasteiger partial charge is 0.506 e. The third-order valence-corrected chi connectivity index (χ3v) is 2.52. The van der Waals surface area contributed by atoms with E-state index in [1.165, 1.54) is 6.20 Å². The molecule has 1 atom stereocenters. The van der Waals surface area contributed by atoms with Crippen LogP contribution in [0.4, 0.5) is 0 Å². The third-order valence-electron chi connectivity index (χ3n) is 2.52. The van der Waals surface area contributed by atoms with Crippen LogP contribution in [0.5, 0.6) is 5.75 Å². The fraction of sp³-hybridized carbons (Fsp3) is 0.167. The van der Waals surface area contributed by atoms with Crippen LogP contribution >= 0.6 is 24.8 Å². The van der Waals surface area contributed by atoms with Crippen LogP contribution in [0.3, 0.4) is 0 Å². The molecular formula is C12H14Cl2N2O3. The number of phenols is 1. The summed E-state index contributed by atoms with van der Waals surface area (Å²) in [6, 6.07) is 5.91. The number of aliphatic carboxylic acids is 1. The van der Waals surface area contributed by atoms with Crippen molar-refractivity contribution in [2.24, 2.45) is 5.73 Å². The first kappa shape index (κ1) is 17.4. The molecule has 0 saturated heterocycles. The number of rotatable bonds is 3. The Bertz CT molecular complexity index is 578. The van der Waals surface area contributed by atoms with Gasteiger partial charge in [-0.1, -0.05) is 12.1 Å². The molecular weight excluding hydrogens is 291 g/mol. The van der Waals surface area contributed by atoms with Gasteiger partial charge in [-0.3, -0.25) is 9.78 Å². The smallest absolute Gasteiger partial charge is 0.320 e. The molecule has 19 heavy (non-hydrogen) atoms. The summed E-state index contributed by atoms with van der Waals surface area (Å²) >= 11 is 0. The lowest BCUT2D eigenvalue weighted by molar-refractivity contribution is -0.138. The number of hydrogen-bond donors (Lipinski definition) is 3.